The van der Waals surface area contributed by atoms with Gasteiger partial charge < -0.3 is 9.84 Å². The van der Waals surface area contributed by atoms with Crippen LogP contribution in [0.1, 0.15) is 20.8 Å². The number of carboxylic acid groups (broad SMARTS) is 1. The first-order valence-corrected chi connectivity index (χ1v) is 4.82. The van der Waals surface area contributed by atoms with Crippen LogP contribution in [0.3, 0.4) is 0 Å². The van der Waals surface area contributed by atoms with Crippen molar-refractivity contribution in [2.45, 2.75) is 26.8 Å². The molecule has 7 heteroatoms. The van der Waals surface area contributed by atoms with Crippen molar-refractivity contribution in [1.82, 2.24) is 0 Å². The molecule has 0 aromatic rings. The molecule has 0 aliphatic heterocycles. The van der Waals surface area contributed by atoms with Crippen molar-refractivity contribution in [1.29, 1.82) is 0 Å². The highest BCUT2D eigenvalue weighted by atomic mass is 16.5. The summed E-state index contributed by atoms with van der Waals surface area (Å²) in [6, 6.07) is -0.901. The minimum atomic E-state index is -1.74. The lowest BCUT2D eigenvalue weighted by Gasteiger charge is -2.13. The summed E-state index contributed by atoms with van der Waals surface area (Å²) in [4.78, 5) is 25.5. The zero-order chi connectivity index (χ0) is 12.6. The Kier molecular flexibility index (Phi) is 2.83. The molecule has 2 unspecified atom stereocenters. The fraction of sp³-hybridized carbons (Fsp3) is 0.778. The van der Waals surface area contributed by atoms with Crippen molar-refractivity contribution in [2.24, 2.45) is 15.9 Å². The first-order valence-electron chi connectivity index (χ1n) is 4.82. The number of carbonyl (C=O) groups is 2. The predicted molar refractivity (Wildman–Crippen MR) is 53.4 cm³/mol. The number of carbonyl (C=O) groups excluding carboxylic acids is 1. The van der Waals surface area contributed by atoms with E-state index in [0.29, 0.717) is 0 Å². The lowest BCUT2D eigenvalue weighted by Crippen LogP contribution is -2.33. The van der Waals surface area contributed by atoms with Gasteiger partial charge in [-0.05, 0) is 12.5 Å². The normalized spacial score (nSPS) is 30.1. The van der Waals surface area contributed by atoms with Gasteiger partial charge in [-0.25, -0.2) is 0 Å². The van der Waals surface area contributed by atoms with Crippen LogP contribution in [-0.2, 0) is 14.3 Å². The number of ether oxygens (including phenoxy) is 1. The number of nitrogens with zero attached hydrogens (tertiary/aromatic N) is 3. The Bertz CT molecular complexity index is 386. The van der Waals surface area contributed by atoms with Crippen molar-refractivity contribution in [3.63, 3.8) is 0 Å². The summed E-state index contributed by atoms with van der Waals surface area (Å²) in [5.74, 6) is -2.15. The standard InChI is InChI=1S/C9H13N3O4/c1-4-16-7(15)9(6(13)14)5(11-12-10)8(9,2)3/h5H,4H2,1-3H3,(H,13,14). The fourth-order valence-electron chi connectivity index (χ4n) is 2.12. The first-order chi connectivity index (χ1) is 7.37. The zero-order valence-corrected chi connectivity index (χ0v) is 9.30. The van der Waals surface area contributed by atoms with Crippen LogP contribution in [0.15, 0.2) is 5.11 Å². The smallest absolute Gasteiger partial charge is 0.324 e. The summed E-state index contributed by atoms with van der Waals surface area (Å²) in [6.45, 7) is 4.81. The van der Waals surface area contributed by atoms with Gasteiger partial charge in [0.15, 0.2) is 5.41 Å². The predicted octanol–water partition coefficient (Wildman–Crippen LogP) is 1.34. The van der Waals surface area contributed by atoms with E-state index in [2.05, 4.69) is 10.0 Å². The molecule has 1 rings (SSSR count). The molecule has 2 atom stereocenters. The molecule has 0 heterocycles. The number of rotatable bonds is 4. The van der Waals surface area contributed by atoms with Gasteiger partial charge in [0.25, 0.3) is 0 Å². The van der Waals surface area contributed by atoms with Crippen molar-refractivity contribution >= 4 is 11.9 Å². The quantitative estimate of drug-likeness (QED) is 0.256. The average Bonchev–Trinajstić information content (AvgIpc) is 2.65. The van der Waals surface area contributed by atoms with Gasteiger partial charge in [0.1, 0.15) is 0 Å². The summed E-state index contributed by atoms with van der Waals surface area (Å²) < 4.78 is 4.74. The first kappa shape index (κ1) is 12.3. The molecule has 1 aliphatic rings. The fourth-order valence-corrected chi connectivity index (χ4v) is 2.12. The maximum atomic E-state index is 11.7. The van der Waals surface area contributed by atoms with Crippen LogP contribution in [-0.4, -0.2) is 29.7 Å². The van der Waals surface area contributed by atoms with Gasteiger partial charge in [0.05, 0.1) is 12.6 Å². The number of hydrogen-bond donors (Lipinski definition) is 1. The van der Waals surface area contributed by atoms with E-state index in [0.717, 1.165) is 0 Å². The van der Waals surface area contributed by atoms with E-state index in [4.69, 9.17) is 15.4 Å². The summed E-state index contributed by atoms with van der Waals surface area (Å²) in [5.41, 5.74) is 5.69. The minimum absolute atomic E-state index is 0.0902. The van der Waals surface area contributed by atoms with Gasteiger partial charge >= 0.3 is 11.9 Å². The SMILES string of the molecule is CCOC(=O)C1(C(=O)O)C(N=[N+]=[N-])C1(C)C. The number of esters is 1. The van der Waals surface area contributed by atoms with Gasteiger partial charge in [-0.3, -0.25) is 9.59 Å². The van der Waals surface area contributed by atoms with E-state index < -0.39 is 28.8 Å². The Morgan fingerprint density at radius 2 is 2.12 bits per heavy atom. The Labute approximate surface area is 92.0 Å². The van der Waals surface area contributed by atoms with Gasteiger partial charge in [0, 0.05) is 10.3 Å². The second-order valence-corrected chi connectivity index (χ2v) is 4.16. The Hall–Kier alpha value is -1.75. The number of hydrogen-bond acceptors (Lipinski definition) is 4. The lowest BCUT2D eigenvalue weighted by atomic mass is 9.96. The van der Waals surface area contributed by atoms with E-state index in [1.807, 2.05) is 0 Å². The van der Waals surface area contributed by atoms with Gasteiger partial charge in [-0.2, -0.15) is 0 Å². The third-order valence-electron chi connectivity index (χ3n) is 3.13. The highest BCUT2D eigenvalue weighted by Gasteiger charge is 2.81. The number of carboxylic acids is 1. The molecule has 7 nitrogen and oxygen atoms in total. The van der Waals surface area contributed by atoms with E-state index in [1.54, 1.807) is 20.8 Å². The van der Waals surface area contributed by atoms with Crippen molar-refractivity contribution < 1.29 is 19.4 Å². The largest absolute Gasteiger partial charge is 0.480 e. The van der Waals surface area contributed by atoms with Gasteiger partial charge in [-0.1, -0.05) is 19.0 Å². The Morgan fingerprint density at radius 3 is 2.50 bits per heavy atom. The van der Waals surface area contributed by atoms with Crippen LogP contribution in [0.25, 0.3) is 10.4 Å². The van der Waals surface area contributed by atoms with Crippen LogP contribution in [0.5, 0.6) is 0 Å². The van der Waals surface area contributed by atoms with E-state index in [9.17, 15) is 9.59 Å². The summed E-state index contributed by atoms with van der Waals surface area (Å²) in [5, 5.41) is 12.5. The highest BCUT2D eigenvalue weighted by Crippen LogP contribution is 2.66. The molecule has 0 spiro atoms. The Morgan fingerprint density at radius 1 is 1.56 bits per heavy atom. The maximum Gasteiger partial charge on any atom is 0.324 e. The summed E-state index contributed by atoms with van der Waals surface area (Å²) >= 11 is 0. The molecule has 0 saturated heterocycles. The second-order valence-electron chi connectivity index (χ2n) is 4.16. The lowest BCUT2D eigenvalue weighted by molar-refractivity contribution is -0.162. The van der Waals surface area contributed by atoms with E-state index in [1.165, 1.54) is 0 Å². The van der Waals surface area contributed by atoms with Crippen molar-refractivity contribution in [2.75, 3.05) is 6.61 Å². The monoisotopic (exact) mass is 227 g/mol. The molecule has 1 fully saturated rings. The topological polar surface area (TPSA) is 112 Å². The average molecular weight is 227 g/mol. The van der Waals surface area contributed by atoms with Crippen molar-refractivity contribution in [3.05, 3.63) is 10.4 Å². The third-order valence-corrected chi connectivity index (χ3v) is 3.13. The molecule has 0 aromatic heterocycles. The maximum absolute atomic E-state index is 11.7. The third kappa shape index (κ3) is 1.25. The summed E-state index contributed by atoms with van der Waals surface area (Å²) in [6.07, 6.45) is 0. The van der Waals surface area contributed by atoms with Gasteiger partial charge in [-0.15, -0.1) is 0 Å². The van der Waals surface area contributed by atoms with Crippen LogP contribution >= 0.6 is 0 Å². The molecule has 16 heavy (non-hydrogen) atoms. The number of azide groups is 1. The zero-order valence-electron chi connectivity index (χ0n) is 9.30. The summed E-state index contributed by atoms with van der Waals surface area (Å²) in [7, 11) is 0. The van der Waals surface area contributed by atoms with E-state index >= 15 is 0 Å². The molecule has 0 bridgehead atoms. The minimum Gasteiger partial charge on any atom is -0.480 e. The van der Waals surface area contributed by atoms with Crippen LogP contribution in [0.2, 0.25) is 0 Å². The molecule has 0 radical (unpaired) electrons. The highest BCUT2D eigenvalue weighted by molar-refractivity contribution is 6.06. The molecular weight excluding hydrogens is 214 g/mol. The Balaban J connectivity index is 3.16. The van der Waals surface area contributed by atoms with Gasteiger partial charge in [0.2, 0.25) is 0 Å². The molecule has 1 aliphatic carbocycles. The second kappa shape index (κ2) is 3.68. The van der Waals surface area contributed by atoms with Crippen LogP contribution < -0.4 is 0 Å². The molecule has 0 amide bonds. The van der Waals surface area contributed by atoms with Crippen LogP contribution in [0, 0.1) is 10.8 Å². The molecule has 1 N–H and O–H groups in total. The molecule has 0 aromatic carbocycles. The van der Waals surface area contributed by atoms with Crippen molar-refractivity contribution in [3.8, 4) is 0 Å². The molecule has 88 valence electrons. The molecule has 1 saturated carbocycles. The molecular formula is C9H13N3O4. The number of aliphatic carboxylic acids is 1. The van der Waals surface area contributed by atoms with Crippen LogP contribution in [0.4, 0.5) is 0 Å². The van der Waals surface area contributed by atoms with E-state index in [-0.39, 0.29) is 6.61 Å².